The number of hydrogen-bond donors (Lipinski definition) is 1. The zero-order chi connectivity index (χ0) is 17.6. The van der Waals surface area contributed by atoms with Gasteiger partial charge < -0.3 is 10.2 Å². The zero-order valence-corrected chi connectivity index (χ0v) is 15.0. The first kappa shape index (κ1) is 17.8. The predicted octanol–water partition coefficient (Wildman–Crippen LogP) is 3.07. The van der Waals surface area contributed by atoms with Gasteiger partial charge in [-0.15, -0.1) is 0 Å². The smallest absolute Gasteiger partial charge is 0.251 e. The maximum Gasteiger partial charge on any atom is 0.251 e. The van der Waals surface area contributed by atoms with E-state index in [2.05, 4.69) is 34.2 Å². The van der Waals surface area contributed by atoms with Gasteiger partial charge in [0.25, 0.3) is 5.91 Å². The summed E-state index contributed by atoms with van der Waals surface area (Å²) in [6.45, 7) is 9.45. The van der Waals surface area contributed by atoms with E-state index in [4.69, 9.17) is 11.6 Å². The average Bonchev–Trinajstić information content (AvgIpc) is 2.63. The highest BCUT2D eigenvalue weighted by atomic mass is 35.5. The highest BCUT2D eigenvalue weighted by molar-refractivity contribution is 6.30. The maximum atomic E-state index is 12.1. The SMILES string of the molecule is [CH2]c1ccc(N2CCN(CCNC(=O)c3ccc(Cl)cc3)CC2)cc1. The average molecular weight is 357 g/mol. The first-order chi connectivity index (χ1) is 12.1. The third-order valence-electron chi connectivity index (χ3n) is 4.49. The van der Waals surface area contributed by atoms with Crippen LogP contribution in [0.3, 0.4) is 0 Å². The number of piperazine rings is 1. The lowest BCUT2D eigenvalue weighted by Gasteiger charge is -2.36. The lowest BCUT2D eigenvalue weighted by atomic mass is 10.2. The first-order valence-corrected chi connectivity index (χ1v) is 8.93. The minimum Gasteiger partial charge on any atom is -0.369 e. The number of carbonyl (C=O) groups is 1. The van der Waals surface area contributed by atoms with Crippen LogP contribution in [0.5, 0.6) is 0 Å². The number of rotatable bonds is 5. The molecule has 0 unspecified atom stereocenters. The quantitative estimate of drug-likeness (QED) is 0.894. The van der Waals surface area contributed by atoms with Gasteiger partial charge >= 0.3 is 0 Å². The molecule has 0 bridgehead atoms. The van der Waals surface area contributed by atoms with Crippen LogP contribution in [0.1, 0.15) is 15.9 Å². The molecule has 5 heteroatoms. The molecule has 0 saturated carbocycles. The van der Waals surface area contributed by atoms with Crippen molar-refractivity contribution in [2.24, 2.45) is 0 Å². The Labute approximate surface area is 154 Å². The second-order valence-corrected chi connectivity index (χ2v) is 6.69. The van der Waals surface area contributed by atoms with Crippen LogP contribution in [0.15, 0.2) is 48.5 Å². The minimum atomic E-state index is -0.0523. The number of halogens is 1. The van der Waals surface area contributed by atoms with Crippen molar-refractivity contribution in [1.82, 2.24) is 10.2 Å². The van der Waals surface area contributed by atoms with E-state index < -0.39 is 0 Å². The van der Waals surface area contributed by atoms with Crippen molar-refractivity contribution < 1.29 is 4.79 Å². The van der Waals surface area contributed by atoms with Crippen molar-refractivity contribution in [3.63, 3.8) is 0 Å². The van der Waals surface area contributed by atoms with E-state index in [-0.39, 0.29) is 5.91 Å². The van der Waals surface area contributed by atoms with Crippen LogP contribution in [0.2, 0.25) is 5.02 Å². The number of nitrogens with zero attached hydrogens (tertiary/aromatic N) is 2. The summed E-state index contributed by atoms with van der Waals surface area (Å²) in [4.78, 5) is 16.9. The van der Waals surface area contributed by atoms with Crippen LogP contribution in [0, 0.1) is 6.92 Å². The normalized spacial score (nSPS) is 15.2. The molecule has 131 valence electrons. The van der Waals surface area contributed by atoms with Gasteiger partial charge in [0.15, 0.2) is 0 Å². The molecule has 2 aromatic carbocycles. The summed E-state index contributed by atoms with van der Waals surface area (Å²) in [5.74, 6) is -0.0523. The molecule has 0 atom stereocenters. The van der Waals surface area contributed by atoms with Gasteiger partial charge in [-0.25, -0.2) is 0 Å². The molecule has 0 spiro atoms. The molecule has 25 heavy (non-hydrogen) atoms. The minimum absolute atomic E-state index is 0.0523. The summed E-state index contributed by atoms with van der Waals surface area (Å²) in [5.41, 5.74) is 2.94. The summed E-state index contributed by atoms with van der Waals surface area (Å²) >= 11 is 5.84. The molecule has 1 amide bonds. The lowest BCUT2D eigenvalue weighted by Crippen LogP contribution is -2.48. The zero-order valence-electron chi connectivity index (χ0n) is 14.2. The third-order valence-corrected chi connectivity index (χ3v) is 4.75. The summed E-state index contributed by atoms with van der Waals surface area (Å²) in [5, 5.41) is 3.61. The van der Waals surface area contributed by atoms with Crippen LogP contribution < -0.4 is 10.2 Å². The van der Waals surface area contributed by atoms with Gasteiger partial charge in [0.1, 0.15) is 0 Å². The summed E-state index contributed by atoms with van der Waals surface area (Å²) in [6.07, 6.45) is 0. The Morgan fingerprint density at radius 3 is 2.28 bits per heavy atom. The van der Waals surface area contributed by atoms with Crippen LogP contribution in [-0.2, 0) is 0 Å². The molecule has 1 aliphatic rings. The van der Waals surface area contributed by atoms with Crippen molar-refractivity contribution in [2.75, 3.05) is 44.2 Å². The molecule has 1 aliphatic heterocycles. The topological polar surface area (TPSA) is 35.6 Å². The largest absolute Gasteiger partial charge is 0.369 e. The molecule has 3 rings (SSSR count). The van der Waals surface area contributed by atoms with Crippen molar-refractivity contribution in [2.45, 2.75) is 0 Å². The standard InChI is InChI=1S/C20H23ClN3O/c1-16-2-8-19(9-3-16)24-14-12-23(13-15-24)11-10-22-20(25)17-4-6-18(21)7-5-17/h2-9H,1,10-15H2,(H,22,25). The second-order valence-electron chi connectivity index (χ2n) is 6.26. The van der Waals surface area contributed by atoms with Crippen molar-refractivity contribution >= 4 is 23.2 Å². The van der Waals surface area contributed by atoms with Gasteiger partial charge in [0.2, 0.25) is 0 Å². The number of benzene rings is 2. The summed E-state index contributed by atoms with van der Waals surface area (Å²) in [7, 11) is 0. The van der Waals surface area contributed by atoms with Crippen LogP contribution in [0.25, 0.3) is 0 Å². The van der Waals surface area contributed by atoms with E-state index in [1.807, 2.05) is 12.1 Å². The number of amides is 1. The van der Waals surface area contributed by atoms with Gasteiger partial charge in [-0.3, -0.25) is 9.69 Å². The monoisotopic (exact) mass is 356 g/mol. The van der Waals surface area contributed by atoms with Crippen molar-refractivity contribution in [1.29, 1.82) is 0 Å². The molecule has 1 N–H and O–H groups in total. The molecule has 0 aromatic heterocycles. The Bertz CT molecular complexity index is 692. The third kappa shape index (κ3) is 4.97. The van der Waals surface area contributed by atoms with E-state index in [1.165, 1.54) is 5.69 Å². The molecular formula is C20H23ClN3O. The lowest BCUT2D eigenvalue weighted by molar-refractivity contribution is 0.0948. The molecule has 1 radical (unpaired) electrons. The Balaban J connectivity index is 1.40. The van der Waals surface area contributed by atoms with E-state index in [0.29, 0.717) is 17.1 Å². The van der Waals surface area contributed by atoms with Gasteiger partial charge in [-0.1, -0.05) is 23.7 Å². The first-order valence-electron chi connectivity index (χ1n) is 8.55. The van der Waals surface area contributed by atoms with Gasteiger partial charge in [-0.2, -0.15) is 0 Å². The maximum absolute atomic E-state index is 12.1. The number of anilines is 1. The number of carbonyl (C=O) groups excluding carboxylic acids is 1. The second kappa shape index (κ2) is 8.37. The fraction of sp³-hybridized carbons (Fsp3) is 0.300. The van der Waals surface area contributed by atoms with Gasteiger partial charge in [0.05, 0.1) is 0 Å². The Hall–Kier alpha value is -2.04. The Kier molecular flexibility index (Phi) is 5.95. The highest BCUT2D eigenvalue weighted by Gasteiger charge is 2.17. The summed E-state index contributed by atoms with van der Waals surface area (Å²) in [6, 6.07) is 15.3. The highest BCUT2D eigenvalue weighted by Crippen LogP contribution is 2.17. The van der Waals surface area contributed by atoms with Crippen molar-refractivity contribution in [3.05, 3.63) is 71.6 Å². The molecule has 1 heterocycles. The number of hydrogen-bond acceptors (Lipinski definition) is 3. The predicted molar refractivity (Wildman–Crippen MR) is 103 cm³/mol. The van der Waals surface area contributed by atoms with Gasteiger partial charge in [0, 0.05) is 55.5 Å². The van der Waals surface area contributed by atoms with Crippen molar-refractivity contribution in [3.8, 4) is 0 Å². The summed E-state index contributed by atoms with van der Waals surface area (Å²) < 4.78 is 0. The number of nitrogens with one attached hydrogen (secondary N) is 1. The van der Waals surface area contributed by atoms with E-state index in [1.54, 1.807) is 24.3 Å². The molecule has 2 aromatic rings. The fourth-order valence-electron chi connectivity index (χ4n) is 2.97. The molecular weight excluding hydrogens is 334 g/mol. The van der Waals surface area contributed by atoms with Gasteiger partial charge in [-0.05, 0) is 48.9 Å². The Morgan fingerprint density at radius 1 is 1.00 bits per heavy atom. The van der Waals surface area contributed by atoms with Crippen LogP contribution in [-0.4, -0.2) is 50.1 Å². The molecule has 1 saturated heterocycles. The Morgan fingerprint density at radius 2 is 1.64 bits per heavy atom. The molecule has 1 fully saturated rings. The van der Waals surface area contributed by atoms with E-state index in [0.717, 1.165) is 38.3 Å². The molecule has 4 nitrogen and oxygen atoms in total. The van der Waals surface area contributed by atoms with Crippen LogP contribution in [0.4, 0.5) is 5.69 Å². The fourth-order valence-corrected chi connectivity index (χ4v) is 3.09. The molecule has 0 aliphatic carbocycles. The van der Waals surface area contributed by atoms with Crippen LogP contribution >= 0.6 is 11.6 Å². The van der Waals surface area contributed by atoms with E-state index >= 15 is 0 Å². The van der Waals surface area contributed by atoms with E-state index in [9.17, 15) is 4.79 Å².